The number of carbonyl (C=O) groups excluding carboxylic acids is 4. The van der Waals surface area contributed by atoms with Crippen molar-refractivity contribution in [1.82, 2.24) is 64.4 Å². The first-order valence-corrected chi connectivity index (χ1v) is 30.9. The molecule has 0 aromatic carbocycles. The quantitative estimate of drug-likeness (QED) is 0.0360. The molecule has 3 amide bonds. The molecule has 0 aliphatic carbocycles. The number of nitrogens with two attached hydrogens (primary N) is 1. The molecule has 27 heteroatoms. The van der Waals surface area contributed by atoms with Crippen molar-refractivity contribution in [2.45, 2.75) is 196 Å². The lowest BCUT2D eigenvalue weighted by molar-refractivity contribution is -0.106. The molecule has 4 aromatic rings. The first kappa shape index (κ1) is 78.6. The van der Waals surface area contributed by atoms with Crippen LogP contribution in [0, 0.1) is 27.7 Å². The number of hydrogen-bond donors (Lipinski definition) is 2. The van der Waals surface area contributed by atoms with Crippen LogP contribution in [-0.2, 0) is 41.0 Å². The van der Waals surface area contributed by atoms with Crippen molar-refractivity contribution in [2.75, 3.05) is 61.5 Å². The number of aryl methyl sites for hydroxylation is 4. The number of amides is 3. The fraction of sp³-hybridized carbons (Fsp3) is 0.650. The highest BCUT2D eigenvalue weighted by molar-refractivity contribution is 7.85. The van der Waals surface area contributed by atoms with Crippen molar-refractivity contribution < 1.29 is 46.6 Å². The highest BCUT2D eigenvalue weighted by Gasteiger charge is 2.28. The zero-order valence-electron chi connectivity index (χ0n) is 56.2. The Morgan fingerprint density at radius 1 is 0.517 bits per heavy atom. The Kier molecular flexibility index (Phi) is 32.7. The molecule has 4 atom stereocenters. The summed E-state index contributed by atoms with van der Waals surface area (Å²) in [7, 11) is 5.83. The van der Waals surface area contributed by atoms with Crippen molar-refractivity contribution in [2.24, 2.45) is 10.1 Å². The number of nitrogens with one attached hydrogen (secondary N) is 1. The van der Waals surface area contributed by atoms with E-state index in [1.807, 2.05) is 111 Å². The third-order valence-corrected chi connectivity index (χ3v) is 14.3. The average molecular weight is 1260 g/mol. The fourth-order valence-corrected chi connectivity index (χ4v) is 7.64. The summed E-state index contributed by atoms with van der Waals surface area (Å²) in [5, 5.41) is 1.69. The first-order chi connectivity index (χ1) is 39.9. The molecule has 2 unspecified atom stereocenters. The molecule has 0 aliphatic heterocycles. The van der Waals surface area contributed by atoms with Crippen LogP contribution in [0.4, 0.5) is 14.4 Å². The van der Waals surface area contributed by atoms with E-state index in [1.54, 1.807) is 104 Å². The molecule has 3 N–H and O–H groups in total. The van der Waals surface area contributed by atoms with Crippen molar-refractivity contribution in [3.05, 3.63) is 95.1 Å². The Hall–Kier alpha value is -6.39. The van der Waals surface area contributed by atoms with Gasteiger partial charge in [0.25, 0.3) is 0 Å². The molecule has 0 aliphatic rings. The van der Waals surface area contributed by atoms with Crippen LogP contribution in [0.5, 0.6) is 0 Å². The van der Waals surface area contributed by atoms with Gasteiger partial charge < -0.3 is 39.5 Å². The van der Waals surface area contributed by atoms with E-state index in [-0.39, 0.29) is 43.0 Å². The van der Waals surface area contributed by atoms with Gasteiger partial charge in [-0.1, -0.05) is 0 Å². The number of nitrogens with zero attached hydrogens (tertiary/aromatic N) is 13. The van der Waals surface area contributed by atoms with Gasteiger partial charge in [-0.3, -0.25) is 39.7 Å². The maximum Gasteiger partial charge on any atom is 0.410 e. The molecule has 0 bridgehead atoms. The molecular weight excluding hydrogens is 1150 g/mol. The van der Waals surface area contributed by atoms with Crippen LogP contribution in [0.15, 0.2) is 54.0 Å². The van der Waals surface area contributed by atoms with Crippen LogP contribution < -0.4 is 10.5 Å². The van der Waals surface area contributed by atoms with Gasteiger partial charge in [-0.05, 0) is 144 Å². The maximum atomic E-state index is 12.5. The second-order valence-corrected chi connectivity index (χ2v) is 29.5. The van der Waals surface area contributed by atoms with Gasteiger partial charge in [-0.25, -0.2) is 32.5 Å². The van der Waals surface area contributed by atoms with E-state index in [4.69, 9.17) is 24.8 Å². The zero-order valence-corrected chi connectivity index (χ0v) is 57.9. The van der Waals surface area contributed by atoms with Crippen LogP contribution in [0.25, 0.3) is 0 Å². The SMILES string of the molecule is CON(C)CCC(=N[S@](=O)C(C)(C)C)c1cnc(C)cn1.Cc1cnc(C(=O)CCN(C)C(=O)OC(C)(C)C)cn1.Cc1cnc(C(CCN(C)C(=O)OC(C)(C)C)N[S@](=O)C(C)(C)C)cn1.Cc1cnc(C(N)CCN(C)C(=O)OC(C)(C)C)cn1. The predicted octanol–water partition coefficient (Wildman–Crippen LogP) is 9.32. The molecule has 0 spiro atoms. The third kappa shape index (κ3) is 34.1. The molecule has 25 nitrogen and oxygen atoms in total. The number of rotatable bonds is 20. The van der Waals surface area contributed by atoms with Crippen LogP contribution in [0.3, 0.4) is 0 Å². The van der Waals surface area contributed by atoms with Gasteiger partial charge in [-0.2, -0.15) is 9.46 Å². The lowest BCUT2D eigenvalue weighted by Crippen LogP contribution is -2.39. The summed E-state index contributed by atoms with van der Waals surface area (Å²) < 4.78 is 47.3. The highest BCUT2D eigenvalue weighted by atomic mass is 32.2. The number of carbonyl (C=O) groups is 4. The molecule has 4 heterocycles. The van der Waals surface area contributed by atoms with Crippen molar-refractivity contribution in [3.63, 3.8) is 0 Å². The Labute approximate surface area is 522 Å². The summed E-state index contributed by atoms with van der Waals surface area (Å²) in [4.78, 5) is 90.7. The van der Waals surface area contributed by atoms with Crippen molar-refractivity contribution in [1.29, 1.82) is 0 Å². The van der Waals surface area contributed by atoms with Crippen molar-refractivity contribution >= 4 is 51.7 Å². The average Bonchev–Trinajstić information content (AvgIpc) is 3.63. The minimum Gasteiger partial charge on any atom is -0.444 e. The number of hydroxylamine groups is 2. The standard InChI is InChI=1S/C18H32N4O3S.C14H24N4O2S.C14H24N4O2.C14H21N3O3/c1-13-11-20-15(12-19-13)14(21-26(24)18(5,6)7)9-10-22(8)16(23)25-17(2,3)4;1-11-9-16-13(10-15-11)12(7-8-18(5)20-6)17-21(19)14(2,3)4;1-10-8-17-12(9-16-10)11(15)6-7-18(5)13(19)20-14(2,3)4;1-10-8-16-11(9-15-10)12(18)6-7-17(5)13(19)20-14(2,3)4/h11-12,14,21H,9-10H2,1-8H3;9-10H,7-8H2,1-6H3;8-9,11H,6-7,15H2,1-5H3;8-9H,6-7H2,1-5H3/t14?,26-;21-;;/m11../s1. The first-order valence-electron chi connectivity index (χ1n) is 28.6. The second-order valence-electron chi connectivity index (χ2n) is 25.5. The molecule has 4 rings (SSSR count). The maximum absolute atomic E-state index is 12.5. The Bertz CT molecular complexity index is 2810. The summed E-state index contributed by atoms with van der Waals surface area (Å²) in [6.07, 6.45) is 13.8. The number of Topliss-reactive ketones (excluding diaryl/α,β-unsaturated/α-hetero) is 1. The van der Waals surface area contributed by atoms with Gasteiger partial charge in [0.1, 0.15) is 39.2 Å². The smallest absolute Gasteiger partial charge is 0.410 e. The Morgan fingerprint density at radius 2 is 0.908 bits per heavy atom. The molecule has 0 saturated heterocycles. The molecule has 488 valence electrons. The topological polar surface area (TPSA) is 306 Å². The van der Waals surface area contributed by atoms with E-state index in [2.05, 4.69) is 49.0 Å². The van der Waals surface area contributed by atoms with Crippen LogP contribution >= 0.6 is 0 Å². The zero-order chi connectivity index (χ0) is 66.8. The summed E-state index contributed by atoms with van der Waals surface area (Å²) >= 11 is 0. The number of aromatic nitrogens is 8. The summed E-state index contributed by atoms with van der Waals surface area (Å²) in [6, 6.07) is -0.527. The second kappa shape index (κ2) is 36.2. The van der Waals surface area contributed by atoms with Crippen LogP contribution in [0.2, 0.25) is 0 Å². The van der Waals surface area contributed by atoms with E-state index >= 15 is 0 Å². The number of hydrogen-bond acceptors (Lipinski definition) is 20. The number of ketones is 1. The van der Waals surface area contributed by atoms with E-state index in [0.717, 1.165) is 28.5 Å². The van der Waals surface area contributed by atoms with Gasteiger partial charge in [-0.15, -0.1) is 0 Å². The lowest BCUT2D eigenvalue weighted by atomic mass is 10.1. The minimum atomic E-state index is -1.33. The van der Waals surface area contributed by atoms with Gasteiger partial charge in [0.05, 0.1) is 104 Å². The Balaban J connectivity index is 0.000000584. The highest BCUT2D eigenvalue weighted by Crippen LogP contribution is 2.21. The minimum absolute atomic E-state index is 0.145. The van der Waals surface area contributed by atoms with Crippen LogP contribution in [0.1, 0.15) is 192 Å². The Morgan fingerprint density at radius 3 is 1.28 bits per heavy atom. The molecule has 87 heavy (non-hydrogen) atoms. The molecule has 0 fully saturated rings. The summed E-state index contributed by atoms with van der Waals surface area (Å²) in [5.41, 5.74) is 10.8. The monoisotopic (exact) mass is 1260 g/mol. The van der Waals surface area contributed by atoms with Crippen LogP contribution in [-0.4, -0.2) is 186 Å². The van der Waals surface area contributed by atoms with E-state index < -0.39 is 54.4 Å². The van der Waals surface area contributed by atoms with E-state index in [1.165, 1.54) is 20.9 Å². The summed E-state index contributed by atoms with van der Waals surface area (Å²) in [6.45, 7) is 37.1. The molecule has 0 saturated carbocycles. The molecule has 4 aromatic heterocycles. The summed E-state index contributed by atoms with van der Waals surface area (Å²) in [5.74, 6) is -0.145. The fourth-order valence-electron chi connectivity index (χ4n) is 6.13. The molecule has 0 radical (unpaired) electrons. The van der Waals surface area contributed by atoms with Gasteiger partial charge in [0.2, 0.25) is 0 Å². The van der Waals surface area contributed by atoms with Crippen molar-refractivity contribution in [3.8, 4) is 0 Å². The van der Waals surface area contributed by atoms with Gasteiger partial charge in [0.15, 0.2) is 5.78 Å². The largest absolute Gasteiger partial charge is 0.444 e. The van der Waals surface area contributed by atoms with E-state index in [9.17, 15) is 27.6 Å². The lowest BCUT2D eigenvalue weighted by Gasteiger charge is -2.27. The third-order valence-electron chi connectivity index (χ3n) is 11.3. The molecular formula is C60H101N15O10S2. The number of ether oxygens (including phenoxy) is 3. The van der Waals surface area contributed by atoms with Gasteiger partial charge in [0, 0.05) is 92.0 Å². The predicted molar refractivity (Wildman–Crippen MR) is 341 cm³/mol. The van der Waals surface area contributed by atoms with E-state index in [0.29, 0.717) is 61.7 Å². The normalized spacial score (nSPS) is 13.4. The van der Waals surface area contributed by atoms with Gasteiger partial charge >= 0.3 is 18.3 Å².